The second-order valence-electron chi connectivity index (χ2n) is 7.41. The van der Waals surface area contributed by atoms with Gasteiger partial charge < -0.3 is 14.0 Å². The van der Waals surface area contributed by atoms with Crippen molar-refractivity contribution in [2.24, 2.45) is 5.92 Å². The van der Waals surface area contributed by atoms with Gasteiger partial charge in [0, 0.05) is 49.7 Å². The standard InChI is InChI=1S/C20H20N4O2S/c1-13-18(27-20(21-13)22-7-2-3-8-22)19(26)23-10-14-9-15(12-23)16-5-4-6-17(25)24(16)11-14/h2-8,14-15H,9-12H2,1H3/t14-,15+/m1/s1. The average Bonchev–Trinajstić information content (AvgIpc) is 3.31. The van der Waals surface area contributed by atoms with Crippen LogP contribution in [0.4, 0.5) is 0 Å². The summed E-state index contributed by atoms with van der Waals surface area (Å²) in [7, 11) is 0. The van der Waals surface area contributed by atoms with Crippen molar-refractivity contribution < 1.29 is 4.79 Å². The average molecular weight is 380 g/mol. The van der Waals surface area contributed by atoms with Gasteiger partial charge in [0.2, 0.25) is 0 Å². The number of carbonyl (C=O) groups excluding carboxylic acids is 1. The summed E-state index contributed by atoms with van der Waals surface area (Å²) in [5, 5.41) is 0.815. The number of likely N-dealkylation sites (tertiary alicyclic amines) is 1. The maximum Gasteiger partial charge on any atom is 0.265 e. The van der Waals surface area contributed by atoms with Crippen molar-refractivity contribution in [1.29, 1.82) is 0 Å². The Bertz CT molecular complexity index is 1070. The molecule has 0 radical (unpaired) electrons. The summed E-state index contributed by atoms with van der Waals surface area (Å²) < 4.78 is 3.82. The fourth-order valence-corrected chi connectivity index (χ4v) is 5.36. The first kappa shape index (κ1) is 16.5. The maximum absolute atomic E-state index is 13.2. The van der Waals surface area contributed by atoms with E-state index in [4.69, 9.17) is 0 Å². The number of fused-ring (bicyclic) bond motifs is 4. The van der Waals surface area contributed by atoms with Gasteiger partial charge in [-0.3, -0.25) is 9.59 Å². The molecule has 3 aromatic rings. The van der Waals surface area contributed by atoms with E-state index in [2.05, 4.69) is 4.98 Å². The molecule has 7 heteroatoms. The van der Waals surface area contributed by atoms with Gasteiger partial charge in [-0.25, -0.2) is 4.98 Å². The third-order valence-corrected chi connectivity index (χ3v) is 6.73. The molecule has 2 aliphatic rings. The summed E-state index contributed by atoms with van der Waals surface area (Å²) in [5.41, 5.74) is 1.91. The van der Waals surface area contributed by atoms with Crippen LogP contribution in [-0.4, -0.2) is 38.0 Å². The zero-order valence-electron chi connectivity index (χ0n) is 15.0. The highest BCUT2D eigenvalue weighted by atomic mass is 32.1. The lowest BCUT2D eigenvalue weighted by Gasteiger charge is -2.42. The highest BCUT2D eigenvalue weighted by Crippen LogP contribution is 2.36. The van der Waals surface area contributed by atoms with Crippen LogP contribution in [0.2, 0.25) is 0 Å². The third kappa shape index (κ3) is 2.73. The minimum atomic E-state index is 0.0600. The monoisotopic (exact) mass is 380 g/mol. The van der Waals surface area contributed by atoms with Gasteiger partial charge in [-0.2, -0.15) is 0 Å². The number of hydrogen-bond acceptors (Lipinski definition) is 4. The van der Waals surface area contributed by atoms with Crippen LogP contribution in [0.25, 0.3) is 5.13 Å². The molecule has 0 spiro atoms. The van der Waals surface area contributed by atoms with Gasteiger partial charge in [-0.05, 0) is 37.5 Å². The largest absolute Gasteiger partial charge is 0.337 e. The first-order chi connectivity index (χ1) is 13.1. The van der Waals surface area contributed by atoms with Gasteiger partial charge in [0.1, 0.15) is 4.88 Å². The summed E-state index contributed by atoms with van der Waals surface area (Å²) in [6, 6.07) is 9.37. The summed E-state index contributed by atoms with van der Waals surface area (Å²) in [4.78, 5) is 32.6. The number of hydrogen-bond donors (Lipinski definition) is 0. The molecule has 6 nitrogen and oxygen atoms in total. The Balaban J connectivity index is 1.44. The van der Waals surface area contributed by atoms with E-state index in [1.165, 1.54) is 11.3 Å². The molecule has 5 heterocycles. The molecule has 1 amide bonds. The number of pyridine rings is 1. The fourth-order valence-electron chi connectivity index (χ4n) is 4.36. The molecular weight excluding hydrogens is 360 g/mol. The first-order valence-electron chi connectivity index (χ1n) is 9.20. The molecule has 1 saturated heterocycles. The summed E-state index contributed by atoms with van der Waals surface area (Å²) in [5.74, 6) is 0.620. The van der Waals surface area contributed by atoms with E-state index in [1.54, 1.807) is 6.07 Å². The zero-order chi connectivity index (χ0) is 18.5. The SMILES string of the molecule is Cc1nc(-n2cccc2)sc1C(=O)N1C[C@H]2C[C@@H](C1)c1cccc(=O)n1C2. The summed E-state index contributed by atoms with van der Waals surface area (Å²) in [6.07, 6.45) is 4.92. The highest BCUT2D eigenvalue weighted by Gasteiger charge is 2.37. The maximum atomic E-state index is 13.2. The van der Waals surface area contributed by atoms with Gasteiger partial charge in [-0.15, -0.1) is 0 Å². The summed E-state index contributed by atoms with van der Waals surface area (Å²) >= 11 is 1.44. The number of piperidine rings is 1. The van der Waals surface area contributed by atoms with Crippen molar-refractivity contribution in [2.45, 2.75) is 25.8 Å². The van der Waals surface area contributed by atoms with E-state index in [9.17, 15) is 9.59 Å². The van der Waals surface area contributed by atoms with Gasteiger partial charge >= 0.3 is 0 Å². The molecule has 0 saturated carbocycles. The van der Waals surface area contributed by atoms with E-state index in [1.807, 2.05) is 57.6 Å². The van der Waals surface area contributed by atoms with E-state index in [0.717, 1.165) is 22.9 Å². The van der Waals surface area contributed by atoms with Crippen molar-refractivity contribution in [3.05, 3.63) is 69.3 Å². The Labute approximate surface area is 160 Å². The fraction of sp³-hybridized carbons (Fsp3) is 0.350. The molecule has 0 aromatic carbocycles. The van der Waals surface area contributed by atoms with Crippen LogP contribution in [0.15, 0.2) is 47.5 Å². The minimum Gasteiger partial charge on any atom is -0.337 e. The molecule has 5 rings (SSSR count). The predicted molar refractivity (Wildman–Crippen MR) is 104 cm³/mol. The van der Waals surface area contributed by atoms with Crippen molar-refractivity contribution in [3.8, 4) is 5.13 Å². The van der Waals surface area contributed by atoms with E-state index >= 15 is 0 Å². The minimum absolute atomic E-state index is 0.0600. The topological polar surface area (TPSA) is 60.1 Å². The normalized spacial score (nSPS) is 21.1. The Kier molecular flexibility index (Phi) is 3.79. The lowest BCUT2D eigenvalue weighted by Crippen LogP contribution is -2.49. The smallest absolute Gasteiger partial charge is 0.265 e. The number of thiazole rings is 1. The Hall–Kier alpha value is -2.67. The van der Waals surface area contributed by atoms with Gasteiger partial charge in [-0.1, -0.05) is 17.4 Å². The van der Waals surface area contributed by atoms with E-state index in [0.29, 0.717) is 30.4 Å². The molecule has 0 aliphatic carbocycles. The van der Waals surface area contributed by atoms with Gasteiger partial charge in [0.05, 0.1) is 5.69 Å². The first-order valence-corrected chi connectivity index (χ1v) is 10.0. The molecule has 0 unspecified atom stereocenters. The van der Waals surface area contributed by atoms with Gasteiger partial charge in [0.25, 0.3) is 11.5 Å². The molecule has 0 N–H and O–H groups in total. The van der Waals surface area contributed by atoms with Gasteiger partial charge in [0.15, 0.2) is 5.13 Å². The van der Waals surface area contributed by atoms with Crippen molar-refractivity contribution >= 4 is 17.2 Å². The van der Waals surface area contributed by atoms with Crippen LogP contribution in [0.5, 0.6) is 0 Å². The molecule has 138 valence electrons. The molecule has 27 heavy (non-hydrogen) atoms. The molecule has 3 aromatic heterocycles. The third-order valence-electron chi connectivity index (χ3n) is 5.57. The van der Waals surface area contributed by atoms with E-state index < -0.39 is 0 Å². The summed E-state index contributed by atoms with van der Waals surface area (Å²) in [6.45, 7) is 3.96. The number of carbonyl (C=O) groups is 1. The molecular formula is C20H20N4O2S. The molecule has 2 bridgehead atoms. The molecule has 2 atom stereocenters. The number of aromatic nitrogens is 3. The number of amides is 1. The zero-order valence-corrected chi connectivity index (χ0v) is 15.9. The van der Waals surface area contributed by atoms with E-state index in [-0.39, 0.29) is 17.4 Å². The Morgan fingerprint density at radius 1 is 1.15 bits per heavy atom. The van der Waals surface area contributed by atoms with Crippen molar-refractivity contribution in [2.75, 3.05) is 13.1 Å². The number of aryl methyl sites for hydroxylation is 1. The van der Waals surface area contributed by atoms with Crippen LogP contribution in [-0.2, 0) is 6.54 Å². The Morgan fingerprint density at radius 2 is 1.96 bits per heavy atom. The van der Waals surface area contributed by atoms with Crippen molar-refractivity contribution in [3.63, 3.8) is 0 Å². The lowest BCUT2D eigenvalue weighted by molar-refractivity contribution is 0.0598. The molecule has 1 fully saturated rings. The van der Waals surface area contributed by atoms with Crippen LogP contribution in [0.1, 0.15) is 33.4 Å². The molecule has 2 aliphatic heterocycles. The highest BCUT2D eigenvalue weighted by molar-refractivity contribution is 7.16. The van der Waals surface area contributed by atoms with Crippen molar-refractivity contribution in [1.82, 2.24) is 19.0 Å². The quantitative estimate of drug-likeness (QED) is 0.687. The Morgan fingerprint density at radius 3 is 2.78 bits per heavy atom. The van der Waals surface area contributed by atoms with Crippen LogP contribution >= 0.6 is 11.3 Å². The van der Waals surface area contributed by atoms with Crippen LogP contribution in [0, 0.1) is 12.8 Å². The number of rotatable bonds is 2. The second kappa shape index (κ2) is 6.20. The van der Waals surface area contributed by atoms with Crippen LogP contribution < -0.4 is 5.56 Å². The second-order valence-corrected chi connectivity index (χ2v) is 8.39. The number of nitrogens with zero attached hydrogens (tertiary/aromatic N) is 4. The van der Waals surface area contributed by atoms with Crippen LogP contribution in [0.3, 0.4) is 0 Å². The lowest BCUT2D eigenvalue weighted by atomic mass is 9.83. The predicted octanol–water partition coefficient (Wildman–Crippen LogP) is 2.66.